The average Bonchev–Trinajstić information content (AvgIpc) is 2.42. The van der Waals surface area contributed by atoms with Gasteiger partial charge in [0.2, 0.25) is 0 Å². The molecule has 1 heterocycles. The molecule has 0 aromatic rings. The summed E-state index contributed by atoms with van der Waals surface area (Å²) in [6.45, 7) is 15.0. The molecule has 0 aromatic heterocycles. The van der Waals surface area contributed by atoms with Crippen molar-refractivity contribution in [2.24, 2.45) is 5.92 Å². The lowest BCUT2D eigenvalue weighted by Crippen LogP contribution is -2.48. The normalized spacial score (nSPS) is 18.6. The van der Waals surface area contributed by atoms with E-state index in [1.165, 1.54) is 4.31 Å². The molecule has 124 valence electrons. The molecule has 1 rings (SSSR count). The van der Waals surface area contributed by atoms with Gasteiger partial charge in [0.05, 0.1) is 0 Å². The number of nitrogens with one attached hydrogen (secondary N) is 1. The summed E-state index contributed by atoms with van der Waals surface area (Å²) < 4.78 is 28.4. The highest BCUT2D eigenvalue weighted by atomic mass is 32.2. The van der Waals surface area contributed by atoms with Gasteiger partial charge in [-0.05, 0) is 32.2 Å². The molecule has 0 bridgehead atoms. The fraction of sp³-hybridized carbons (Fsp3) is 0.867. The molecule has 1 aliphatic heterocycles. The molecule has 5 nitrogen and oxygen atoms in total. The van der Waals surface area contributed by atoms with Crippen LogP contribution in [0.1, 0.15) is 40.5 Å². The first-order chi connectivity index (χ1) is 9.77. The number of hydrogen-bond acceptors (Lipinski definition) is 3. The highest BCUT2D eigenvalue weighted by Gasteiger charge is 2.31. The van der Waals surface area contributed by atoms with Gasteiger partial charge in [0.15, 0.2) is 0 Å². The van der Waals surface area contributed by atoms with E-state index in [0.29, 0.717) is 38.1 Å². The second-order valence-electron chi connectivity index (χ2n) is 6.30. The Balaban J connectivity index is 2.57. The smallest absolute Gasteiger partial charge is 0.282 e. The summed E-state index contributed by atoms with van der Waals surface area (Å²) in [5.41, 5.74) is 0.872. The zero-order chi connectivity index (χ0) is 16.0. The van der Waals surface area contributed by atoms with Crippen molar-refractivity contribution in [2.45, 2.75) is 46.6 Å². The van der Waals surface area contributed by atoms with Crippen molar-refractivity contribution in [2.75, 3.05) is 32.7 Å². The van der Waals surface area contributed by atoms with Crippen LogP contribution in [0.25, 0.3) is 0 Å². The molecular weight excluding hydrogens is 286 g/mol. The fourth-order valence-corrected chi connectivity index (χ4v) is 4.28. The summed E-state index contributed by atoms with van der Waals surface area (Å²) >= 11 is 0. The minimum atomic E-state index is -3.34. The lowest BCUT2D eigenvalue weighted by atomic mass is 9.98. The second-order valence-corrected chi connectivity index (χ2v) is 8.22. The first-order valence-corrected chi connectivity index (χ1v) is 9.30. The van der Waals surface area contributed by atoms with E-state index in [4.69, 9.17) is 0 Å². The molecule has 1 fully saturated rings. The van der Waals surface area contributed by atoms with E-state index in [1.54, 1.807) is 4.31 Å². The number of hydrogen-bond donors (Lipinski definition) is 1. The van der Waals surface area contributed by atoms with E-state index in [-0.39, 0.29) is 0 Å². The Kier molecular flexibility index (Phi) is 7.33. The largest absolute Gasteiger partial charge is 0.314 e. The predicted octanol–water partition coefficient (Wildman–Crippen LogP) is 1.84. The Bertz CT molecular complexity index is 426. The maximum Gasteiger partial charge on any atom is 0.282 e. The van der Waals surface area contributed by atoms with Crippen LogP contribution in [0.2, 0.25) is 0 Å². The van der Waals surface area contributed by atoms with Crippen molar-refractivity contribution >= 4 is 10.2 Å². The van der Waals surface area contributed by atoms with Crippen LogP contribution in [-0.4, -0.2) is 55.8 Å². The Morgan fingerprint density at radius 3 is 2.38 bits per heavy atom. The van der Waals surface area contributed by atoms with E-state index in [1.807, 2.05) is 13.8 Å². The molecule has 0 unspecified atom stereocenters. The standard InChI is InChI=1S/C15H31N3O2S/c1-6-17(12-13(2)3)21(19,20)18-9-7-15(8-10-18)11-16-14(4)5/h14-16H,2,6-12H2,1,3-5H3. The van der Waals surface area contributed by atoms with Crippen LogP contribution in [0.15, 0.2) is 12.2 Å². The topological polar surface area (TPSA) is 52.7 Å². The molecule has 0 amide bonds. The number of rotatable bonds is 8. The first kappa shape index (κ1) is 18.6. The SMILES string of the molecule is C=C(C)CN(CC)S(=O)(=O)N1CCC(CNC(C)C)CC1. The highest BCUT2D eigenvalue weighted by Crippen LogP contribution is 2.21. The molecule has 0 atom stereocenters. The van der Waals surface area contributed by atoms with Gasteiger partial charge in [0.25, 0.3) is 10.2 Å². The van der Waals surface area contributed by atoms with Crippen LogP contribution in [0.4, 0.5) is 0 Å². The van der Waals surface area contributed by atoms with Crippen molar-refractivity contribution in [1.82, 2.24) is 13.9 Å². The van der Waals surface area contributed by atoms with Gasteiger partial charge in [-0.2, -0.15) is 17.0 Å². The number of piperidine rings is 1. The Labute approximate surface area is 130 Å². The van der Waals surface area contributed by atoms with Gasteiger partial charge in [-0.3, -0.25) is 0 Å². The monoisotopic (exact) mass is 317 g/mol. The number of likely N-dealkylation sites (N-methyl/N-ethyl adjacent to an activating group) is 1. The highest BCUT2D eigenvalue weighted by molar-refractivity contribution is 7.86. The van der Waals surface area contributed by atoms with Crippen molar-refractivity contribution in [1.29, 1.82) is 0 Å². The van der Waals surface area contributed by atoms with Crippen molar-refractivity contribution < 1.29 is 8.42 Å². The molecule has 6 heteroatoms. The predicted molar refractivity (Wildman–Crippen MR) is 88.4 cm³/mol. The van der Waals surface area contributed by atoms with E-state index in [9.17, 15) is 8.42 Å². The molecular formula is C15H31N3O2S. The van der Waals surface area contributed by atoms with Gasteiger partial charge in [0.1, 0.15) is 0 Å². The maximum absolute atomic E-state index is 12.6. The zero-order valence-corrected chi connectivity index (χ0v) is 14.7. The fourth-order valence-electron chi connectivity index (χ4n) is 2.57. The number of nitrogens with zero attached hydrogens (tertiary/aromatic N) is 2. The minimum Gasteiger partial charge on any atom is -0.314 e. The quantitative estimate of drug-likeness (QED) is 0.695. The Morgan fingerprint density at radius 1 is 1.38 bits per heavy atom. The third kappa shape index (κ3) is 5.70. The van der Waals surface area contributed by atoms with Crippen molar-refractivity contribution in [3.63, 3.8) is 0 Å². The van der Waals surface area contributed by atoms with E-state index < -0.39 is 10.2 Å². The molecule has 1 aliphatic rings. The molecule has 0 aromatic carbocycles. The van der Waals surface area contributed by atoms with Crippen LogP contribution < -0.4 is 5.32 Å². The minimum absolute atomic E-state index is 0.410. The molecule has 0 saturated carbocycles. The Hall–Kier alpha value is -0.430. The lowest BCUT2D eigenvalue weighted by molar-refractivity contribution is 0.249. The average molecular weight is 317 g/mol. The summed E-state index contributed by atoms with van der Waals surface area (Å²) in [7, 11) is -3.34. The summed E-state index contributed by atoms with van der Waals surface area (Å²) in [5, 5.41) is 3.44. The third-order valence-electron chi connectivity index (χ3n) is 3.84. The van der Waals surface area contributed by atoms with Crippen molar-refractivity contribution in [3.05, 3.63) is 12.2 Å². The van der Waals surface area contributed by atoms with Crippen LogP contribution in [0.3, 0.4) is 0 Å². The van der Waals surface area contributed by atoms with Gasteiger partial charge in [-0.25, -0.2) is 0 Å². The molecule has 0 spiro atoms. The summed E-state index contributed by atoms with van der Waals surface area (Å²) in [6.07, 6.45) is 1.87. The van der Waals surface area contributed by atoms with E-state index >= 15 is 0 Å². The molecule has 1 saturated heterocycles. The zero-order valence-electron chi connectivity index (χ0n) is 13.9. The van der Waals surface area contributed by atoms with E-state index in [2.05, 4.69) is 25.7 Å². The summed E-state index contributed by atoms with van der Waals surface area (Å²) in [5.74, 6) is 0.579. The van der Waals surface area contributed by atoms with E-state index in [0.717, 1.165) is 25.0 Å². The molecule has 0 radical (unpaired) electrons. The summed E-state index contributed by atoms with van der Waals surface area (Å²) in [4.78, 5) is 0. The van der Waals surface area contributed by atoms with Crippen molar-refractivity contribution in [3.8, 4) is 0 Å². The first-order valence-electron chi connectivity index (χ1n) is 7.90. The third-order valence-corrected chi connectivity index (χ3v) is 5.90. The van der Waals surface area contributed by atoms with Gasteiger partial charge in [-0.1, -0.05) is 32.9 Å². The van der Waals surface area contributed by atoms with Gasteiger partial charge in [-0.15, -0.1) is 0 Å². The van der Waals surface area contributed by atoms with Crippen LogP contribution in [-0.2, 0) is 10.2 Å². The molecule has 21 heavy (non-hydrogen) atoms. The molecule has 1 N–H and O–H groups in total. The lowest BCUT2D eigenvalue weighted by Gasteiger charge is -2.35. The second kappa shape index (κ2) is 8.27. The van der Waals surface area contributed by atoms with Gasteiger partial charge in [0, 0.05) is 32.2 Å². The van der Waals surface area contributed by atoms with Crippen LogP contribution in [0.5, 0.6) is 0 Å². The van der Waals surface area contributed by atoms with Crippen LogP contribution in [0, 0.1) is 5.92 Å². The maximum atomic E-state index is 12.6. The molecule has 0 aliphatic carbocycles. The summed E-state index contributed by atoms with van der Waals surface area (Å²) in [6, 6.07) is 0.484. The Morgan fingerprint density at radius 2 is 1.95 bits per heavy atom. The van der Waals surface area contributed by atoms with Gasteiger partial charge < -0.3 is 5.32 Å². The van der Waals surface area contributed by atoms with Gasteiger partial charge >= 0.3 is 0 Å². The van der Waals surface area contributed by atoms with Crippen LogP contribution >= 0.6 is 0 Å².